The van der Waals surface area contributed by atoms with Gasteiger partial charge in [0.05, 0.1) is 18.0 Å². The maximum Gasteiger partial charge on any atom is 0.240 e. The maximum absolute atomic E-state index is 10.2. The van der Waals surface area contributed by atoms with Gasteiger partial charge in [0.1, 0.15) is 0 Å². The molecule has 0 unspecified atom stereocenters. The van der Waals surface area contributed by atoms with Crippen molar-refractivity contribution in [3.05, 3.63) is 53.5 Å². The van der Waals surface area contributed by atoms with Crippen molar-refractivity contribution in [1.29, 1.82) is 0 Å². The molecule has 0 radical (unpaired) electrons. The molecule has 0 aliphatic carbocycles. The first-order chi connectivity index (χ1) is 9.36. The van der Waals surface area contributed by atoms with E-state index >= 15 is 0 Å². The molecule has 0 N–H and O–H groups in total. The van der Waals surface area contributed by atoms with Crippen molar-refractivity contribution in [2.24, 2.45) is 4.99 Å². The van der Waals surface area contributed by atoms with Crippen LogP contribution < -0.4 is 9.80 Å². The van der Waals surface area contributed by atoms with E-state index < -0.39 is 0 Å². The summed E-state index contributed by atoms with van der Waals surface area (Å²) >= 11 is 1.69. The van der Waals surface area contributed by atoms with Gasteiger partial charge in [-0.2, -0.15) is 16.3 Å². The van der Waals surface area contributed by atoms with E-state index in [1.807, 2.05) is 18.3 Å². The summed E-state index contributed by atoms with van der Waals surface area (Å²) in [6, 6.07) is 9.60. The summed E-state index contributed by atoms with van der Waals surface area (Å²) in [6.07, 6.45) is 5.63. The van der Waals surface area contributed by atoms with E-state index in [0.29, 0.717) is 5.69 Å². The highest BCUT2D eigenvalue weighted by molar-refractivity contribution is 7.08. The fourth-order valence-electron chi connectivity index (χ4n) is 1.95. The molecule has 2 heterocycles. The van der Waals surface area contributed by atoms with Gasteiger partial charge in [-0.1, -0.05) is 0 Å². The third-order valence-corrected chi connectivity index (χ3v) is 3.60. The van der Waals surface area contributed by atoms with Crippen LogP contribution in [-0.4, -0.2) is 12.7 Å². The topological polar surface area (TPSA) is 35.9 Å². The second kappa shape index (κ2) is 5.10. The van der Waals surface area contributed by atoms with Gasteiger partial charge < -0.3 is 9.80 Å². The van der Waals surface area contributed by atoms with Crippen molar-refractivity contribution in [3.63, 3.8) is 0 Å². The van der Waals surface area contributed by atoms with E-state index in [1.54, 1.807) is 23.5 Å². The number of aliphatic imine (C=N–C) groups is 1. The zero-order valence-electron chi connectivity index (χ0n) is 10.1. The summed E-state index contributed by atoms with van der Waals surface area (Å²) < 4.78 is 0. The Morgan fingerprint density at radius 3 is 2.42 bits per heavy atom. The smallest absolute Gasteiger partial charge is 0.240 e. The third kappa shape index (κ3) is 2.42. The molecule has 94 valence electrons. The predicted octanol–water partition coefficient (Wildman–Crippen LogP) is 3.47. The molecular weight excluding hydrogens is 258 g/mol. The summed E-state index contributed by atoms with van der Waals surface area (Å²) in [5, 5.41) is 4.19. The molecule has 0 saturated heterocycles. The van der Waals surface area contributed by atoms with Crippen molar-refractivity contribution in [3.8, 4) is 0 Å². The molecule has 3 rings (SSSR count). The first-order valence-electron chi connectivity index (χ1n) is 5.78. The molecule has 2 aromatic rings. The number of benzene rings is 1. The average Bonchev–Trinajstić information content (AvgIpc) is 3.11. The first kappa shape index (κ1) is 11.7. The van der Waals surface area contributed by atoms with E-state index in [2.05, 4.69) is 37.8 Å². The molecule has 4 nitrogen and oxygen atoms in total. The quantitative estimate of drug-likeness (QED) is 0.632. The van der Waals surface area contributed by atoms with Crippen LogP contribution in [0.25, 0.3) is 0 Å². The molecule has 0 spiro atoms. The van der Waals surface area contributed by atoms with Gasteiger partial charge in [0.25, 0.3) is 0 Å². The largest absolute Gasteiger partial charge is 0.328 e. The normalized spacial score (nSPS) is 13.7. The van der Waals surface area contributed by atoms with Crippen molar-refractivity contribution in [1.82, 2.24) is 0 Å². The molecule has 0 bridgehead atoms. The number of isocyanates is 1. The number of hydrogen-bond donors (Lipinski definition) is 0. The second-order valence-corrected chi connectivity index (χ2v) is 4.86. The van der Waals surface area contributed by atoms with Crippen LogP contribution in [0, 0.1) is 0 Å². The van der Waals surface area contributed by atoms with Gasteiger partial charge in [0.15, 0.2) is 0 Å². The molecule has 5 heteroatoms. The van der Waals surface area contributed by atoms with Crippen LogP contribution in [0.3, 0.4) is 0 Å². The Morgan fingerprint density at radius 2 is 1.79 bits per heavy atom. The molecule has 1 aromatic heterocycles. The Labute approximate surface area is 114 Å². The number of nitrogens with zero attached hydrogens (tertiary/aromatic N) is 3. The van der Waals surface area contributed by atoms with Gasteiger partial charge in [-0.15, -0.1) is 0 Å². The van der Waals surface area contributed by atoms with Crippen LogP contribution in [0.1, 0.15) is 0 Å². The molecule has 1 aliphatic rings. The highest BCUT2D eigenvalue weighted by Gasteiger charge is 2.15. The monoisotopic (exact) mass is 269 g/mol. The van der Waals surface area contributed by atoms with Crippen LogP contribution in [-0.2, 0) is 4.79 Å². The van der Waals surface area contributed by atoms with Gasteiger partial charge in [0.2, 0.25) is 6.08 Å². The summed E-state index contributed by atoms with van der Waals surface area (Å²) in [5.74, 6) is 0. The summed E-state index contributed by atoms with van der Waals surface area (Å²) in [5.41, 5.74) is 2.89. The zero-order chi connectivity index (χ0) is 13.1. The minimum Gasteiger partial charge on any atom is -0.328 e. The minimum absolute atomic E-state index is 0.622. The zero-order valence-corrected chi connectivity index (χ0v) is 10.9. The van der Waals surface area contributed by atoms with Crippen LogP contribution in [0.15, 0.2) is 58.5 Å². The highest BCUT2D eigenvalue weighted by Crippen LogP contribution is 2.26. The Morgan fingerprint density at radius 1 is 1.05 bits per heavy atom. The summed E-state index contributed by atoms with van der Waals surface area (Å²) in [4.78, 5) is 18.1. The number of thiophene rings is 1. The molecule has 0 amide bonds. The van der Waals surface area contributed by atoms with E-state index in [4.69, 9.17) is 0 Å². The lowest BCUT2D eigenvalue weighted by atomic mass is 10.2. The third-order valence-electron chi connectivity index (χ3n) is 2.93. The van der Waals surface area contributed by atoms with Crippen molar-refractivity contribution >= 4 is 34.5 Å². The van der Waals surface area contributed by atoms with Gasteiger partial charge in [-0.3, -0.25) is 0 Å². The molecule has 0 atom stereocenters. The lowest BCUT2D eigenvalue weighted by Gasteiger charge is -2.20. The lowest BCUT2D eigenvalue weighted by Crippen LogP contribution is -2.24. The SMILES string of the molecule is O=C=Nc1ccc(N2C=CN(c3ccsc3)C2)cc1. The highest BCUT2D eigenvalue weighted by atomic mass is 32.1. The number of rotatable bonds is 3. The van der Waals surface area contributed by atoms with Crippen LogP contribution in [0.4, 0.5) is 17.1 Å². The predicted molar refractivity (Wildman–Crippen MR) is 77.5 cm³/mol. The summed E-state index contributed by atoms with van der Waals surface area (Å²) in [6.45, 7) is 0.785. The van der Waals surface area contributed by atoms with Crippen LogP contribution in [0.2, 0.25) is 0 Å². The Hall–Kier alpha value is -2.36. The Bertz CT molecular complexity index is 627. The van der Waals surface area contributed by atoms with E-state index in [0.717, 1.165) is 12.4 Å². The van der Waals surface area contributed by atoms with E-state index in [9.17, 15) is 4.79 Å². The molecule has 1 aromatic carbocycles. The fraction of sp³-hybridized carbons (Fsp3) is 0.0714. The van der Waals surface area contributed by atoms with Crippen molar-refractivity contribution in [2.45, 2.75) is 0 Å². The van der Waals surface area contributed by atoms with Gasteiger partial charge in [0, 0.05) is 23.5 Å². The number of hydrogen-bond acceptors (Lipinski definition) is 5. The van der Waals surface area contributed by atoms with Gasteiger partial charge in [-0.05, 0) is 35.7 Å². The van der Waals surface area contributed by atoms with Gasteiger partial charge in [-0.25, -0.2) is 4.79 Å². The maximum atomic E-state index is 10.2. The van der Waals surface area contributed by atoms with Crippen molar-refractivity contribution < 1.29 is 4.79 Å². The molecule has 0 saturated carbocycles. The second-order valence-electron chi connectivity index (χ2n) is 4.08. The Kier molecular flexibility index (Phi) is 3.14. The van der Waals surface area contributed by atoms with E-state index in [1.165, 1.54) is 11.8 Å². The average molecular weight is 269 g/mol. The standard InChI is InChI=1S/C14H11N3OS/c18-10-15-12-1-3-13(4-2-12)16-6-7-17(11-16)14-5-8-19-9-14/h1-9H,11H2. The number of carbonyl (C=O) groups excluding carboxylic acids is 1. The van der Waals surface area contributed by atoms with Crippen molar-refractivity contribution in [2.75, 3.05) is 16.5 Å². The Balaban J connectivity index is 1.74. The van der Waals surface area contributed by atoms with E-state index in [-0.39, 0.29) is 0 Å². The lowest BCUT2D eigenvalue weighted by molar-refractivity contribution is 0.565. The molecule has 0 fully saturated rings. The molecule has 19 heavy (non-hydrogen) atoms. The summed E-state index contributed by atoms with van der Waals surface area (Å²) in [7, 11) is 0. The van der Waals surface area contributed by atoms with Gasteiger partial charge >= 0.3 is 0 Å². The number of anilines is 2. The fourth-order valence-corrected chi connectivity index (χ4v) is 2.60. The first-order valence-corrected chi connectivity index (χ1v) is 6.73. The van der Waals surface area contributed by atoms with Crippen LogP contribution >= 0.6 is 11.3 Å². The minimum atomic E-state index is 0.622. The molecule has 1 aliphatic heterocycles. The molecular formula is C14H11N3OS. The van der Waals surface area contributed by atoms with Crippen LogP contribution in [0.5, 0.6) is 0 Å².